The highest BCUT2D eigenvalue weighted by Crippen LogP contribution is 2.34. The summed E-state index contributed by atoms with van der Waals surface area (Å²) in [6, 6.07) is 16.0. The maximum Gasteiger partial charge on any atom is 0.255 e. The van der Waals surface area contributed by atoms with Gasteiger partial charge in [0, 0.05) is 12.1 Å². The van der Waals surface area contributed by atoms with E-state index in [9.17, 15) is 18.4 Å². The van der Waals surface area contributed by atoms with Gasteiger partial charge in [0.2, 0.25) is 0 Å². The molecule has 2 N–H and O–H groups in total. The molecule has 0 saturated heterocycles. The van der Waals surface area contributed by atoms with Gasteiger partial charge < -0.3 is 10.6 Å². The molecule has 0 unspecified atom stereocenters. The van der Waals surface area contributed by atoms with E-state index in [-0.39, 0.29) is 11.5 Å². The molecule has 0 aromatic heterocycles. The van der Waals surface area contributed by atoms with Crippen LogP contribution in [0.25, 0.3) is 11.1 Å². The molecular formula is C21H14F2N2O2. The first-order chi connectivity index (χ1) is 13.0. The molecule has 4 rings (SSSR count). The fourth-order valence-electron chi connectivity index (χ4n) is 3.17. The predicted octanol–water partition coefficient (Wildman–Crippen LogP) is 4.13. The summed E-state index contributed by atoms with van der Waals surface area (Å²) in [7, 11) is 0. The standard InChI is InChI=1S/C21H14F2N2O2/c22-16-8-6-13(10-17(16)23)20(26)25-18-9-7-14(12-4-2-1-3-5-12)15-11-24-21(27)19(15)18/h1-10H,11H2,(H,24,27)(H,25,26). The van der Waals surface area contributed by atoms with Crippen molar-refractivity contribution in [3.05, 3.63) is 89.0 Å². The molecule has 2 amide bonds. The van der Waals surface area contributed by atoms with Crippen LogP contribution in [0.4, 0.5) is 14.5 Å². The van der Waals surface area contributed by atoms with Gasteiger partial charge in [0.15, 0.2) is 11.6 Å². The number of hydrogen-bond acceptors (Lipinski definition) is 2. The van der Waals surface area contributed by atoms with Crippen LogP contribution in [-0.4, -0.2) is 11.8 Å². The van der Waals surface area contributed by atoms with Crippen molar-refractivity contribution in [2.45, 2.75) is 6.54 Å². The molecule has 0 aliphatic carbocycles. The van der Waals surface area contributed by atoms with Crippen LogP contribution < -0.4 is 10.6 Å². The quantitative estimate of drug-likeness (QED) is 0.734. The zero-order valence-corrected chi connectivity index (χ0v) is 14.1. The van der Waals surface area contributed by atoms with Gasteiger partial charge >= 0.3 is 0 Å². The summed E-state index contributed by atoms with van der Waals surface area (Å²) in [5, 5.41) is 5.39. The number of hydrogen-bond donors (Lipinski definition) is 2. The molecule has 0 saturated carbocycles. The second-order valence-electron chi connectivity index (χ2n) is 6.15. The van der Waals surface area contributed by atoms with Gasteiger partial charge in [0.1, 0.15) is 0 Å². The molecule has 1 aliphatic heterocycles. The lowest BCUT2D eigenvalue weighted by molar-refractivity contribution is 0.0966. The first-order valence-electron chi connectivity index (χ1n) is 8.30. The average molecular weight is 364 g/mol. The van der Waals surface area contributed by atoms with E-state index in [1.165, 1.54) is 6.07 Å². The number of carbonyl (C=O) groups is 2. The largest absolute Gasteiger partial charge is 0.348 e. The molecule has 134 valence electrons. The Labute approximate surface area is 153 Å². The van der Waals surface area contributed by atoms with Crippen LogP contribution in [0.1, 0.15) is 26.3 Å². The van der Waals surface area contributed by atoms with Gasteiger partial charge in [-0.1, -0.05) is 36.4 Å². The first-order valence-corrected chi connectivity index (χ1v) is 8.30. The fourth-order valence-corrected chi connectivity index (χ4v) is 3.17. The third kappa shape index (κ3) is 3.06. The van der Waals surface area contributed by atoms with Crippen LogP contribution in [-0.2, 0) is 6.54 Å². The van der Waals surface area contributed by atoms with Crippen molar-refractivity contribution in [3.63, 3.8) is 0 Å². The van der Waals surface area contributed by atoms with Crippen molar-refractivity contribution < 1.29 is 18.4 Å². The Morgan fingerprint density at radius 2 is 1.74 bits per heavy atom. The maximum absolute atomic E-state index is 13.4. The van der Waals surface area contributed by atoms with E-state index < -0.39 is 17.5 Å². The monoisotopic (exact) mass is 364 g/mol. The van der Waals surface area contributed by atoms with Crippen molar-refractivity contribution >= 4 is 17.5 Å². The van der Waals surface area contributed by atoms with Crippen molar-refractivity contribution in [1.29, 1.82) is 0 Å². The minimum absolute atomic E-state index is 0.0341. The van der Waals surface area contributed by atoms with Gasteiger partial charge in [-0.2, -0.15) is 0 Å². The van der Waals surface area contributed by atoms with Gasteiger partial charge in [-0.05, 0) is 41.0 Å². The van der Waals surface area contributed by atoms with Crippen LogP contribution in [0.5, 0.6) is 0 Å². The number of amides is 2. The molecular weight excluding hydrogens is 350 g/mol. The van der Waals surface area contributed by atoms with E-state index in [1.54, 1.807) is 6.07 Å². The molecule has 27 heavy (non-hydrogen) atoms. The Morgan fingerprint density at radius 1 is 0.963 bits per heavy atom. The Kier molecular flexibility index (Phi) is 4.16. The number of benzene rings is 3. The number of rotatable bonds is 3. The molecule has 0 bridgehead atoms. The highest BCUT2D eigenvalue weighted by atomic mass is 19.2. The molecule has 3 aromatic rings. The molecule has 3 aromatic carbocycles. The molecule has 6 heteroatoms. The van der Waals surface area contributed by atoms with E-state index in [0.717, 1.165) is 28.8 Å². The predicted molar refractivity (Wildman–Crippen MR) is 97.4 cm³/mol. The summed E-state index contributed by atoms with van der Waals surface area (Å²) in [6.45, 7) is 0.354. The van der Waals surface area contributed by atoms with E-state index in [4.69, 9.17) is 0 Å². The summed E-state index contributed by atoms with van der Waals surface area (Å²) in [5.74, 6) is -3.05. The Morgan fingerprint density at radius 3 is 2.48 bits per heavy atom. The Bertz CT molecular complexity index is 1070. The van der Waals surface area contributed by atoms with Crippen LogP contribution in [0, 0.1) is 11.6 Å². The summed E-state index contributed by atoms with van der Waals surface area (Å²) in [5.41, 5.74) is 3.32. The highest BCUT2D eigenvalue weighted by Gasteiger charge is 2.27. The Hall–Kier alpha value is -3.54. The van der Waals surface area contributed by atoms with Crippen LogP contribution in [0.15, 0.2) is 60.7 Å². The minimum Gasteiger partial charge on any atom is -0.348 e. The molecule has 0 spiro atoms. The number of carbonyl (C=O) groups excluding carboxylic acids is 2. The number of fused-ring (bicyclic) bond motifs is 1. The van der Waals surface area contributed by atoms with E-state index in [2.05, 4.69) is 10.6 Å². The van der Waals surface area contributed by atoms with Crippen molar-refractivity contribution in [3.8, 4) is 11.1 Å². The molecule has 0 radical (unpaired) electrons. The van der Waals surface area contributed by atoms with Gasteiger partial charge in [-0.15, -0.1) is 0 Å². The third-order valence-corrected chi connectivity index (χ3v) is 4.48. The topological polar surface area (TPSA) is 58.2 Å². The molecule has 1 aliphatic rings. The van der Waals surface area contributed by atoms with Gasteiger partial charge in [-0.25, -0.2) is 8.78 Å². The average Bonchev–Trinajstić information content (AvgIpc) is 3.07. The van der Waals surface area contributed by atoms with Crippen molar-refractivity contribution in [2.24, 2.45) is 0 Å². The van der Waals surface area contributed by atoms with Gasteiger partial charge in [0.25, 0.3) is 11.8 Å². The molecule has 0 atom stereocenters. The maximum atomic E-state index is 13.4. The summed E-state index contributed by atoms with van der Waals surface area (Å²) in [6.07, 6.45) is 0. The zero-order chi connectivity index (χ0) is 19.0. The second kappa shape index (κ2) is 6.64. The van der Waals surface area contributed by atoms with E-state index in [0.29, 0.717) is 17.8 Å². The van der Waals surface area contributed by atoms with Crippen LogP contribution in [0.3, 0.4) is 0 Å². The summed E-state index contributed by atoms with van der Waals surface area (Å²) < 4.78 is 26.4. The van der Waals surface area contributed by atoms with E-state index in [1.807, 2.05) is 36.4 Å². The number of nitrogens with one attached hydrogen (secondary N) is 2. The lowest BCUT2D eigenvalue weighted by Gasteiger charge is -2.13. The Balaban J connectivity index is 1.72. The lowest BCUT2D eigenvalue weighted by atomic mass is 9.95. The van der Waals surface area contributed by atoms with Crippen molar-refractivity contribution in [1.82, 2.24) is 5.32 Å². The van der Waals surface area contributed by atoms with Gasteiger partial charge in [0.05, 0.1) is 11.3 Å². The first kappa shape index (κ1) is 16.9. The molecule has 4 nitrogen and oxygen atoms in total. The normalized spacial score (nSPS) is 12.4. The summed E-state index contributed by atoms with van der Waals surface area (Å²) in [4.78, 5) is 24.7. The van der Waals surface area contributed by atoms with Crippen LogP contribution >= 0.6 is 0 Å². The van der Waals surface area contributed by atoms with Crippen LogP contribution in [0.2, 0.25) is 0 Å². The van der Waals surface area contributed by atoms with E-state index >= 15 is 0 Å². The third-order valence-electron chi connectivity index (χ3n) is 4.48. The summed E-state index contributed by atoms with van der Waals surface area (Å²) >= 11 is 0. The lowest BCUT2D eigenvalue weighted by Crippen LogP contribution is -2.17. The fraction of sp³-hybridized carbons (Fsp3) is 0.0476. The second-order valence-corrected chi connectivity index (χ2v) is 6.15. The highest BCUT2D eigenvalue weighted by molar-refractivity contribution is 6.11. The minimum atomic E-state index is -1.11. The van der Waals surface area contributed by atoms with Gasteiger partial charge in [-0.3, -0.25) is 9.59 Å². The zero-order valence-electron chi connectivity index (χ0n) is 14.1. The van der Waals surface area contributed by atoms with Crippen molar-refractivity contribution in [2.75, 3.05) is 5.32 Å². The smallest absolute Gasteiger partial charge is 0.255 e. The molecule has 1 heterocycles. The SMILES string of the molecule is O=C(Nc1ccc(-c2ccccc2)c2c1C(=O)NC2)c1ccc(F)c(F)c1. The number of anilines is 1. The number of halogens is 2. The molecule has 0 fully saturated rings.